The standard InChI is InChI=1S/C24H40O.C7H12O2/c1-5-8-16(2)18-10-11-19-22-20(12-14-24(18,19)4)23(3)13-7-6-9-17(23)15-21(22)25;1-5-6(8)9-7(2,3)4/h16-20,22H,5-15H2,1-4H3;5H,1H2,2-4H3/t16?,17?,18-,19+,20+,22+,23+,24-;/m1./s1. The highest BCUT2D eigenvalue weighted by Crippen LogP contribution is 2.67. The monoisotopic (exact) mass is 472 g/mol. The third kappa shape index (κ3) is 5.34. The smallest absolute Gasteiger partial charge is 0.330 e. The lowest BCUT2D eigenvalue weighted by atomic mass is 9.44. The van der Waals surface area contributed by atoms with Gasteiger partial charge in [0.25, 0.3) is 0 Å². The molecular weight excluding hydrogens is 420 g/mol. The molecule has 4 saturated carbocycles. The van der Waals surface area contributed by atoms with Crippen molar-refractivity contribution in [3.05, 3.63) is 12.7 Å². The molecule has 0 aromatic carbocycles. The van der Waals surface area contributed by atoms with Crippen molar-refractivity contribution in [1.82, 2.24) is 0 Å². The fraction of sp³-hybridized carbons (Fsp3) is 0.871. The van der Waals surface area contributed by atoms with Crippen molar-refractivity contribution in [2.45, 2.75) is 125 Å². The van der Waals surface area contributed by atoms with Crippen molar-refractivity contribution >= 4 is 11.8 Å². The molecule has 0 radical (unpaired) electrons. The molecule has 0 N–H and O–H groups in total. The first-order valence-corrected chi connectivity index (χ1v) is 14.3. The summed E-state index contributed by atoms with van der Waals surface area (Å²) in [6, 6.07) is 0. The summed E-state index contributed by atoms with van der Waals surface area (Å²) in [4.78, 5) is 23.8. The SMILES string of the molecule is C=CC(=O)OC(C)(C)C.CCCC(C)[C@H]1CC[C@H]2[C@@H]3C(=O)CC4CCCC[C@]4(C)[C@H]3CC[C@]12C. The van der Waals surface area contributed by atoms with Crippen LogP contribution in [0.5, 0.6) is 0 Å². The van der Waals surface area contributed by atoms with E-state index in [2.05, 4.69) is 34.3 Å². The molecule has 4 rings (SSSR count). The van der Waals surface area contributed by atoms with Crippen molar-refractivity contribution in [1.29, 1.82) is 0 Å². The summed E-state index contributed by atoms with van der Waals surface area (Å²) in [5.41, 5.74) is 0.528. The van der Waals surface area contributed by atoms with E-state index in [1.54, 1.807) is 0 Å². The quantitative estimate of drug-likeness (QED) is 0.306. The van der Waals surface area contributed by atoms with Gasteiger partial charge >= 0.3 is 5.97 Å². The number of esters is 1. The molecule has 0 saturated heterocycles. The average molecular weight is 473 g/mol. The molecule has 194 valence electrons. The minimum absolute atomic E-state index is 0.373. The number of hydrogen-bond donors (Lipinski definition) is 0. The number of carbonyl (C=O) groups is 2. The van der Waals surface area contributed by atoms with E-state index in [0.29, 0.717) is 40.3 Å². The minimum atomic E-state index is -0.398. The van der Waals surface area contributed by atoms with Crippen LogP contribution >= 0.6 is 0 Å². The summed E-state index contributed by atoms with van der Waals surface area (Å²) in [7, 11) is 0. The van der Waals surface area contributed by atoms with Crippen molar-refractivity contribution < 1.29 is 14.3 Å². The van der Waals surface area contributed by atoms with Crippen LogP contribution in [0.1, 0.15) is 119 Å². The molecular formula is C31H52O3. The number of carbonyl (C=O) groups excluding carboxylic acids is 2. The van der Waals surface area contributed by atoms with E-state index in [0.717, 1.165) is 24.3 Å². The molecule has 4 fully saturated rings. The highest BCUT2D eigenvalue weighted by molar-refractivity contribution is 5.83. The van der Waals surface area contributed by atoms with Gasteiger partial charge < -0.3 is 4.74 Å². The Balaban J connectivity index is 0.000000309. The molecule has 4 aliphatic carbocycles. The normalized spacial score (nSPS) is 40.1. The van der Waals surface area contributed by atoms with Gasteiger partial charge in [-0.2, -0.15) is 0 Å². The molecule has 0 spiro atoms. The van der Waals surface area contributed by atoms with Gasteiger partial charge in [0, 0.05) is 18.4 Å². The van der Waals surface area contributed by atoms with E-state index in [1.807, 2.05) is 20.8 Å². The lowest BCUT2D eigenvalue weighted by molar-refractivity contribution is -0.156. The Bertz CT molecular complexity index is 748. The highest BCUT2D eigenvalue weighted by Gasteiger charge is 2.62. The van der Waals surface area contributed by atoms with Crippen LogP contribution in [-0.4, -0.2) is 17.4 Å². The number of rotatable bonds is 4. The summed E-state index contributed by atoms with van der Waals surface area (Å²) >= 11 is 0. The van der Waals surface area contributed by atoms with E-state index in [1.165, 1.54) is 64.2 Å². The van der Waals surface area contributed by atoms with E-state index >= 15 is 0 Å². The van der Waals surface area contributed by atoms with Crippen molar-refractivity contribution in [3.63, 3.8) is 0 Å². The summed E-state index contributed by atoms with van der Waals surface area (Å²) in [6.07, 6.45) is 15.7. The molecule has 2 unspecified atom stereocenters. The van der Waals surface area contributed by atoms with Crippen LogP contribution in [-0.2, 0) is 14.3 Å². The van der Waals surface area contributed by atoms with Crippen molar-refractivity contribution in [2.24, 2.45) is 46.3 Å². The third-order valence-electron chi connectivity index (χ3n) is 10.5. The summed E-state index contributed by atoms with van der Waals surface area (Å²) in [6.45, 7) is 18.7. The Morgan fingerprint density at radius 3 is 2.35 bits per heavy atom. The zero-order valence-corrected chi connectivity index (χ0v) is 23.3. The van der Waals surface area contributed by atoms with Gasteiger partial charge in [0.15, 0.2) is 0 Å². The maximum Gasteiger partial charge on any atom is 0.330 e. The number of fused-ring (bicyclic) bond motifs is 5. The first-order valence-electron chi connectivity index (χ1n) is 14.3. The van der Waals surface area contributed by atoms with Gasteiger partial charge in [-0.05, 0) is 99.7 Å². The second-order valence-electron chi connectivity index (χ2n) is 13.6. The Kier molecular flexibility index (Phi) is 8.46. The van der Waals surface area contributed by atoms with Crippen LogP contribution in [0.4, 0.5) is 0 Å². The van der Waals surface area contributed by atoms with Crippen molar-refractivity contribution in [2.75, 3.05) is 0 Å². The first kappa shape index (κ1) is 27.5. The van der Waals surface area contributed by atoms with Gasteiger partial charge in [0.05, 0.1) is 0 Å². The largest absolute Gasteiger partial charge is 0.457 e. The maximum absolute atomic E-state index is 13.3. The third-order valence-corrected chi connectivity index (χ3v) is 10.5. The summed E-state index contributed by atoms with van der Waals surface area (Å²) in [5, 5.41) is 0. The van der Waals surface area contributed by atoms with Gasteiger partial charge in [-0.25, -0.2) is 4.79 Å². The molecule has 0 bridgehead atoms. The molecule has 0 aromatic rings. The Morgan fingerprint density at radius 2 is 1.76 bits per heavy atom. The minimum Gasteiger partial charge on any atom is -0.457 e. The topological polar surface area (TPSA) is 43.4 Å². The zero-order chi connectivity index (χ0) is 25.3. The van der Waals surface area contributed by atoms with Crippen molar-refractivity contribution in [3.8, 4) is 0 Å². The number of ketones is 1. The van der Waals surface area contributed by atoms with Gasteiger partial charge in [-0.1, -0.05) is 60.0 Å². The van der Waals surface area contributed by atoms with Crippen LogP contribution in [0.3, 0.4) is 0 Å². The summed E-state index contributed by atoms with van der Waals surface area (Å²) < 4.78 is 4.83. The molecule has 0 amide bonds. The predicted octanol–water partition coefficient (Wildman–Crippen LogP) is 8.16. The molecule has 3 nitrogen and oxygen atoms in total. The van der Waals surface area contributed by atoms with E-state index in [-0.39, 0.29) is 5.97 Å². The van der Waals surface area contributed by atoms with Gasteiger partial charge in [0.2, 0.25) is 0 Å². The molecule has 0 heterocycles. The Hall–Kier alpha value is -1.12. The maximum atomic E-state index is 13.3. The number of Topliss-reactive ketones (excluding diaryl/α,β-unsaturated/α-hetero) is 1. The zero-order valence-electron chi connectivity index (χ0n) is 23.3. The van der Waals surface area contributed by atoms with Crippen LogP contribution in [0, 0.1) is 46.3 Å². The lowest BCUT2D eigenvalue weighted by Gasteiger charge is -2.60. The highest BCUT2D eigenvalue weighted by atomic mass is 16.6. The summed E-state index contributed by atoms with van der Waals surface area (Å²) in [5.74, 6) is 4.53. The van der Waals surface area contributed by atoms with Crippen LogP contribution < -0.4 is 0 Å². The Labute approximate surface area is 209 Å². The second kappa shape index (κ2) is 10.5. The molecule has 0 aliphatic heterocycles. The molecule has 4 aliphatic rings. The fourth-order valence-corrected chi connectivity index (χ4v) is 8.94. The van der Waals surface area contributed by atoms with Gasteiger partial charge in [-0.15, -0.1) is 0 Å². The van der Waals surface area contributed by atoms with Crippen LogP contribution in [0.15, 0.2) is 12.7 Å². The fourth-order valence-electron chi connectivity index (χ4n) is 8.94. The number of ether oxygens (including phenoxy) is 1. The van der Waals surface area contributed by atoms with Gasteiger partial charge in [0.1, 0.15) is 11.4 Å². The molecule has 0 aromatic heterocycles. The second-order valence-corrected chi connectivity index (χ2v) is 13.6. The molecule has 3 heteroatoms. The first-order chi connectivity index (χ1) is 15.9. The Morgan fingerprint density at radius 1 is 1.09 bits per heavy atom. The van der Waals surface area contributed by atoms with E-state index in [4.69, 9.17) is 4.74 Å². The predicted molar refractivity (Wildman–Crippen MR) is 140 cm³/mol. The van der Waals surface area contributed by atoms with E-state index < -0.39 is 5.60 Å². The van der Waals surface area contributed by atoms with Gasteiger partial charge in [-0.3, -0.25) is 4.79 Å². The lowest BCUT2D eigenvalue weighted by Crippen LogP contribution is -2.56. The molecule has 34 heavy (non-hydrogen) atoms. The van der Waals surface area contributed by atoms with E-state index in [9.17, 15) is 9.59 Å². The van der Waals surface area contributed by atoms with Crippen LogP contribution in [0.2, 0.25) is 0 Å². The van der Waals surface area contributed by atoms with Crippen LogP contribution in [0.25, 0.3) is 0 Å². The number of hydrogen-bond acceptors (Lipinski definition) is 3. The average Bonchev–Trinajstić information content (AvgIpc) is 3.11. The molecule has 8 atom stereocenters.